The van der Waals surface area contributed by atoms with Gasteiger partial charge in [-0.2, -0.15) is 0 Å². The van der Waals surface area contributed by atoms with E-state index in [2.05, 4.69) is 41.8 Å². The van der Waals surface area contributed by atoms with E-state index in [0.29, 0.717) is 5.11 Å². The molecule has 2 rings (SSSR count). The number of thiocarbonyl (C=S) groups is 1. The molecular formula is C21H28N2O2S. The van der Waals surface area contributed by atoms with Crippen molar-refractivity contribution in [3.05, 3.63) is 53.6 Å². The van der Waals surface area contributed by atoms with Gasteiger partial charge in [-0.05, 0) is 67.9 Å². The van der Waals surface area contributed by atoms with Crippen molar-refractivity contribution >= 4 is 23.0 Å². The minimum atomic E-state index is -0.0242. The van der Waals surface area contributed by atoms with E-state index in [1.165, 1.54) is 18.4 Å². The Balaban J connectivity index is 1.98. The first-order valence-corrected chi connectivity index (χ1v) is 9.36. The molecule has 0 aliphatic heterocycles. The van der Waals surface area contributed by atoms with Crippen molar-refractivity contribution in [2.45, 2.75) is 39.2 Å². The molecule has 0 saturated heterocycles. The molecule has 0 amide bonds. The Morgan fingerprint density at radius 3 is 2.42 bits per heavy atom. The Morgan fingerprint density at radius 1 is 1.08 bits per heavy atom. The summed E-state index contributed by atoms with van der Waals surface area (Å²) in [5.41, 5.74) is 3.32. The fourth-order valence-electron chi connectivity index (χ4n) is 2.76. The Bertz CT molecular complexity index is 716. The Hall–Kier alpha value is -2.27. The van der Waals surface area contributed by atoms with Crippen molar-refractivity contribution in [1.29, 1.82) is 0 Å². The van der Waals surface area contributed by atoms with Crippen LogP contribution >= 0.6 is 12.2 Å². The number of aryl methyl sites for hydroxylation is 1. The van der Waals surface area contributed by atoms with Crippen LogP contribution < -0.4 is 20.1 Å². The number of unbranched alkanes of at least 4 members (excludes halogenated alkanes) is 1. The fraction of sp³-hybridized carbons (Fsp3) is 0.381. The van der Waals surface area contributed by atoms with Crippen LogP contribution in [0.5, 0.6) is 11.5 Å². The highest BCUT2D eigenvalue weighted by molar-refractivity contribution is 7.80. The molecule has 4 nitrogen and oxygen atoms in total. The summed E-state index contributed by atoms with van der Waals surface area (Å²) in [5.74, 6) is 1.59. The largest absolute Gasteiger partial charge is 0.497 e. The summed E-state index contributed by atoms with van der Waals surface area (Å²) in [6, 6.07) is 14.1. The molecule has 2 aromatic rings. The second-order valence-corrected chi connectivity index (χ2v) is 6.64. The zero-order chi connectivity index (χ0) is 18.9. The standard InChI is InChI=1S/C21H28N2O2S/c1-5-6-7-16-8-10-17(11-9-16)23-21(26)22-15(2)19-14-18(24-3)12-13-20(19)25-4/h8-15H,5-7H2,1-4H3,(H2,22,23,26). The smallest absolute Gasteiger partial charge is 0.171 e. The quantitative estimate of drug-likeness (QED) is 0.632. The van der Waals surface area contributed by atoms with Gasteiger partial charge in [-0.3, -0.25) is 0 Å². The summed E-state index contributed by atoms with van der Waals surface area (Å²) in [6.07, 6.45) is 3.54. The van der Waals surface area contributed by atoms with Gasteiger partial charge in [0.05, 0.1) is 20.3 Å². The highest BCUT2D eigenvalue weighted by Crippen LogP contribution is 2.29. The molecule has 1 unspecified atom stereocenters. The van der Waals surface area contributed by atoms with Crippen molar-refractivity contribution in [3.63, 3.8) is 0 Å². The van der Waals surface area contributed by atoms with E-state index in [1.807, 2.05) is 25.1 Å². The first-order valence-electron chi connectivity index (χ1n) is 8.95. The Morgan fingerprint density at radius 2 is 1.81 bits per heavy atom. The predicted molar refractivity (Wildman–Crippen MR) is 112 cm³/mol. The van der Waals surface area contributed by atoms with E-state index < -0.39 is 0 Å². The van der Waals surface area contributed by atoms with Crippen molar-refractivity contribution in [2.75, 3.05) is 19.5 Å². The van der Waals surface area contributed by atoms with Gasteiger partial charge in [0, 0.05) is 11.3 Å². The molecule has 26 heavy (non-hydrogen) atoms. The maximum atomic E-state index is 5.46. The van der Waals surface area contributed by atoms with E-state index in [9.17, 15) is 0 Å². The fourth-order valence-corrected chi connectivity index (χ4v) is 3.05. The van der Waals surface area contributed by atoms with E-state index >= 15 is 0 Å². The number of rotatable bonds is 8. The topological polar surface area (TPSA) is 42.5 Å². The number of methoxy groups -OCH3 is 2. The van der Waals surface area contributed by atoms with E-state index in [4.69, 9.17) is 21.7 Å². The van der Waals surface area contributed by atoms with E-state index in [1.54, 1.807) is 14.2 Å². The monoisotopic (exact) mass is 372 g/mol. The van der Waals surface area contributed by atoms with Crippen molar-refractivity contribution < 1.29 is 9.47 Å². The number of ether oxygens (including phenoxy) is 2. The first kappa shape index (κ1) is 20.0. The second-order valence-electron chi connectivity index (χ2n) is 6.23. The van der Waals surface area contributed by atoms with Gasteiger partial charge in [-0.25, -0.2) is 0 Å². The van der Waals surface area contributed by atoms with Crippen LogP contribution in [0.2, 0.25) is 0 Å². The third kappa shape index (κ3) is 5.63. The normalized spacial score (nSPS) is 11.5. The van der Waals surface area contributed by atoms with Gasteiger partial charge in [-0.1, -0.05) is 25.5 Å². The number of hydrogen-bond donors (Lipinski definition) is 2. The van der Waals surface area contributed by atoms with Gasteiger partial charge in [0.1, 0.15) is 11.5 Å². The van der Waals surface area contributed by atoms with Crippen LogP contribution in [0.15, 0.2) is 42.5 Å². The summed E-state index contributed by atoms with van der Waals surface area (Å²) in [6.45, 7) is 4.25. The van der Waals surface area contributed by atoms with Crippen LogP contribution in [0.1, 0.15) is 43.9 Å². The van der Waals surface area contributed by atoms with Crippen LogP contribution in [-0.4, -0.2) is 19.3 Å². The third-order valence-electron chi connectivity index (χ3n) is 4.28. The zero-order valence-corrected chi connectivity index (χ0v) is 16.8. The Kier molecular flexibility index (Phi) is 7.73. The SMILES string of the molecule is CCCCc1ccc(NC(=S)NC(C)c2cc(OC)ccc2OC)cc1. The molecule has 0 heterocycles. The molecular weight excluding hydrogens is 344 g/mol. The molecule has 1 atom stereocenters. The molecule has 0 aliphatic carbocycles. The van der Waals surface area contributed by atoms with Gasteiger partial charge < -0.3 is 20.1 Å². The minimum Gasteiger partial charge on any atom is -0.497 e. The number of anilines is 1. The molecule has 0 saturated carbocycles. The average Bonchev–Trinajstić information content (AvgIpc) is 2.66. The molecule has 2 aromatic carbocycles. The molecule has 0 spiro atoms. The molecule has 0 bridgehead atoms. The third-order valence-corrected chi connectivity index (χ3v) is 4.50. The van der Waals surface area contributed by atoms with Crippen LogP contribution in [0.3, 0.4) is 0 Å². The Labute approximate surface area is 161 Å². The molecule has 0 aliphatic rings. The van der Waals surface area contributed by atoms with Crippen LogP contribution in [0, 0.1) is 0 Å². The summed E-state index contributed by atoms with van der Waals surface area (Å²) >= 11 is 5.46. The maximum Gasteiger partial charge on any atom is 0.171 e. The van der Waals surface area contributed by atoms with E-state index in [0.717, 1.165) is 29.2 Å². The maximum absolute atomic E-state index is 5.46. The molecule has 0 radical (unpaired) electrons. The van der Waals surface area contributed by atoms with Crippen LogP contribution in [0.4, 0.5) is 5.69 Å². The summed E-state index contributed by atoms with van der Waals surface area (Å²) in [5, 5.41) is 7.12. The predicted octanol–water partition coefficient (Wildman–Crippen LogP) is 5.09. The zero-order valence-electron chi connectivity index (χ0n) is 16.0. The van der Waals surface area contributed by atoms with Crippen LogP contribution in [0.25, 0.3) is 0 Å². The van der Waals surface area contributed by atoms with Gasteiger partial charge in [0.15, 0.2) is 5.11 Å². The lowest BCUT2D eigenvalue weighted by atomic mass is 10.1. The van der Waals surface area contributed by atoms with Gasteiger partial charge in [0.2, 0.25) is 0 Å². The first-order chi connectivity index (χ1) is 12.6. The lowest BCUT2D eigenvalue weighted by Crippen LogP contribution is -2.31. The average molecular weight is 373 g/mol. The van der Waals surface area contributed by atoms with E-state index in [-0.39, 0.29) is 6.04 Å². The van der Waals surface area contributed by atoms with Gasteiger partial charge in [0.25, 0.3) is 0 Å². The molecule has 0 fully saturated rings. The molecule has 0 aromatic heterocycles. The molecule has 2 N–H and O–H groups in total. The van der Waals surface area contributed by atoms with Crippen LogP contribution in [-0.2, 0) is 6.42 Å². The van der Waals surface area contributed by atoms with Gasteiger partial charge >= 0.3 is 0 Å². The number of hydrogen-bond acceptors (Lipinski definition) is 3. The highest BCUT2D eigenvalue weighted by atomic mass is 32.1. The lowest BCUT2D eigenvalue weighted by molar-refractivity contribution is 0.395. The summed E-state index contributed by atoms with van der Waals surface area (Å²) < 4.78 is 10.8. The minimum absolute atomic E-state index is 0.0242. The summed E-state index contributed by atoms with van der Waals surface area (Å²) in [7, 11) is 3.31. The molecule has 140 valence electrons. The summed E-state index contributed by atoms with van der Waals surface area (Å²) in [4.78, 5) is 0. The van der Waals surface area contributed by atoms with Crippen molar-refractivity contribution in [3.8, 4) is 11.5 Å². The highest BCUT2D eigenvalue weighted by Gasteiger charge is 2.14. The molecule has 5 heteroatoms. The lowest BCUT2D eigenvalue weighted by Gasteiger charge is -2.20. The van der Waals surface area contributed by atoms with Crippen molar-refractivity contribution in [1.82, 2.24) is 5.32 Å². The van der Waals surface area contributed by atoms with Gasteiger partial charge in [-0.15, -0.1) is 0 Å². The number of nitrogens with one attached hydrogen (secondary N) is 2. The number of benzene rings is 2. The van der Waals surface area contributed by atoms with Crippen molar-refractivity contribution in [2.24, 2.45) is 0 Å². The second kappa shape index (κ2) is 10.0.